The topological polar surface area (TPSA) is 86.7 Å². The van der Waals surface area contributed by atoms with Crippen molar-refractivity contribution in [2.45, 2.75) is 38.1 Å². The predicted molar refractivity (Wildman–Crippen MR) is 136 cm³/mol. The molecular formula is C26H29N5O3S. The van der Waals surface area contributed by atoms with Crippen LogP contribution in [-0.4, -0.2) is 61.0 Å². The first-order valence-corrected chi connectivity index (χ1v) is 13.3. The summed E-state index contributed by atoms with van der Waals surface area (Å²) < 4.78 is 28.2. The van der Waals surface area contributed by atoms with Crippen LogP contribution in [0, 0.1) is 6.92 Å². The molecule has 182 valence electrons. The van der Waals surface area contributed by atoms with E-state index in [4.69, 9.17) is 0 Å². The van der Waals surface area contributed by atoms with Gasteiger partial charge in [0.25, 0.3) is 0 Å². The largest absolute Gasteiger partial charge is 0.352 e. The summed E-state index contributed by atoms with van der Waals surface area (Å²) in [5.74, 6) is 0.716. The molecular weight excluding hydrogens is 462 g/mol. The third-order valence-corrected chi connectivity index (χ3v) is 8.77. The Kier molecular flexibility index (Phi) is 6.06. The van der Waals surface area contributed by atoms with Crippen LogP contribution in [-0.2, 0) is 21.2 Å². The van der Waals surface area contributed by atoms with Crippen molar-refractivity contribution in [2.24, 2.45) is 0 Å². The van der Waals surface area contributed by atoms with E-state index in [1.807, 2.05) is 50.2 Å². The molecule has 0 radical (unpaired) electrons. The highest BCUT2D eigenvalue weighted by atomic mass is 32.2. The van der Waals surface area contributed by atoms with Gasteiger partial charge in [0.2, 0.25) is 15.9 Å². The molecule has 9 heteroatoms. The lowest BCUT2D eigenvalue weighted by Crippen LogP contribution is -2.49. The van der Waals surface area contributed by atoms with Gasteiger partial charge in [-0.25, -0.2) is 8.42 Å². The maximum Gasteiger partial charge on any atom is 0.243 e. The molecule has 1 atom stereocenters. The first-order valence-electron chi connectivity index (χ1n) is 11.8. The number of carbonyl (C=O) groups excluding carboxylic acids is 1. The third-order valence-electron chi connectivity index (χ3n) is 6.88. The number of aromatic nitrogens is 2. The molecule has 0 saturated carbocycles. The van der Waals surface area contributed by atoms with Crippen LogP contribution in [0.3, 0.4) is 0 Å². The van der Waals surface area contributed by atoms with Crippen LogP contribution in [0.4, 0.5) is 11.5 Å². The maximum atomic E-state index is 13.4. The van der Waals surface area contributed by atoms with Gasteiger partial charge in [-0.05, 0) is 61.7 Å². The zero-order valence-corrected chi connectivity index (χ0v) is 21.0. The molecule has 2 aliphatic rings. The van der Waals surface area contributed by atoms with Gasteiger partial charge in [-0.15, -0.1) is 10.2 Å². The van der Waals surface area contributed by atoms with Crippen molar-refractivity contribution in [3.8, 4) is 11.3 Å². The van der Waals surface area contributed by atoms with Crippen molar-refractivity contribution >= 4 is 27.4 Å². The molecule has 0 spiro atoms. The second-order valence-electron chi connectivity index (χ2n) is 9.22. The number of hydrogen-bond donors (Lipinski definition) is 0. The van der Waals surface area contributed by atoms with Gasteiger partial charge in [-0.2, -0.15) is 4.31 Å². The standard InChI is InChI=1S/C26H29N5O3S/c1-18-6-4-5-7-23(18)24-9-11-26(28-27-24)29-12-14-30(15-13-29)35(33,34)22-8-10-25-21(17-22)16-19(2)31(25)20(3)32/h4-11,17,19H,12-16H2,1-3H3. The number of sulfonamides is 1. The number of aryl methyl sites for hydroxylation is 1. The molecule has 3 aromatic rings. The van der Waals surface area contributed by atoms with Gasteiger partial charge >= 0.3 is 0 Å². The average molecular weight is 492 g/mol. The van der Waals surface area contributed by atoms with Gasteiger partial charge in [0.1, 0.15) is 0 Å². The predicted octanol–water partition coefficient (Wildman–Crippen LogP) is 3.26. The highest BCUT2D eigenvalue weighted by Gasteiger charge is 2.33. The smallest absolute Gasteiger partial charge is 0.243 e. The van der Waals surface area contributed by atoms with E-state index >= 15 is 0 Å². The second-order valence-corrected chi connectivity index (χ2v) is 11.2. The fraction of sp³-hybridized carbons (Fsp3) is 0.346. The number of nitrogens with zero attached hydrogens (tertiary/aromatic N) is 5. The van der Waals surface area contributed by atoms with Gasteiger partial charge in [0.15, 0.2) is 5.82 Å². The van der Waals surface area contributed by atoms with Gasteiger partial charge in [-0.3, -0.25) is 4.79 Å². The van der Waals surface area contributed by atoms with Crippen LogP contribution in [0.2, 0.25) is 0 Å². The number of carbonyl (C=O) groups is 1. The van der Waals surface area contributed by atoms with Crippen LogP contribution in [0.1, 0.15) is 25.0 Å². The third kappa shape index (κ3) is 4.30. The average Bonchev–Trinajstić information content (AvgIpc) is 3.20. The van der Waals surface area contributed by atoms with Crippen LogP contribution < -0.4 is 9.80 Å². The lowest BCUT2D eigenvalue weighted by molar-refractivity contribution is -0.116. The highest BCUT2D eigenvalue weighted by molar-refractivity contribution is 7.89. The Morgan fingerprint density at radius 3 is 2.37 bits per heavy atom. The molecule has 3 heterocycles. The lowest BCUT2D eigenvalue weighted by Gasteiger charge is -2.34. The fourth-order valence-corrected chi connectivity index (χ4v) is 6.53. The molecule has 1 saturated heterocycles. The molecule has 0 N–H and O–H groups in total. The number of piperazine rings is 1. The summed E-state index contributed by atoms with van der Waals surface area (Å²) in [7, 11) is -3.62. The van der Waals surface area contributed by atoms with Crippen molar-refractivity contribution in [3.63, 3.8) is 0 Å². The quantitative estimate of drug-likeness (QED) is 0.557. The number of amides is 1. The monoisotopic (exact) mass is 491 g/mol. The Balaban J connectivity index is 1.28. The summed E-state index contributed by atoms with van der Waals surface area (Å²) in [6.45, 7) is 7.38. The van der Waals surface area contributed by atoms with E-state index in [2.05, 4.69) is 15.1 Å². The Labute approximate surface area is 206 Å². The molecule has 1 fully saturated rings. The van der Waals surface area contributed by atoms with Gasteiger partial charge in [0, 0.05) is 50.4 Å². The van der Waals surface area contributed by atoms with Crippen molar-refractivity contribution in [2.75, 3.05) is 36.0 Å². The van der Waals surface area contributed by atoms with Crippen molar-refractivity contribution < 1.29 is 13.2 Å². The van der Waals surface area contributed by atoms with Crippen LogP contribution in [0.5, 0.6) is 0 Å². The van der Waals surface area contributed by atoms with Gasteiger partial charge in [0.05, 0.1) is 10.6 Å². The van der Waals surface area contributed by atoms with E-state index in [1.165, 1.54) is 11.2 Å². The van der Waals surface area contributed by atoms with E-state index < -0.39 is 10.0 Å². The van der Waals surface area contributed by atoms with Crippen molar-refractivity contribution in [3.05, 3.63) is 65.7 Å². The van der Waals surface area contributed by atoms with Crippen LogP contribution >= 0.6 is 0 Å². The number of benzene rings is 2. The molecule has 1 amide bonds. The Morgan fingerprint density at radius 1 is 0.971 bits per heavy atom. The SMILES string of the molecule is CC(=O)N1c2ccc(S(=O)(=O)N3CCN(c4ccc(-c5ccccc5C)nn4)CC3)cc2CC1C. The maximum absolute atomic E-state index is 13.4. The molecule has 0 aliphatic carbocycles. The molecule has 35 heavy (non-hydrogen) atoms. The minimum atomic E-state index is -3.62. The van der Waals surface area contributed by atoms with E-state index in [0.717, 1.165) is 33.9 Å². The Bertz CT molecular complexity index is 1370. The number of rotatable bonds is 4. The van der Waals surface area contributed by atoms with Crippen LogP contribution in [0.15, 0.2) is 59.5 Å². The van der Waals surface area contributed by atoms with Gasteiger partial charge < -0.3 is 9.80 Å². The molecule has 2 aliphatic heterocycles. The number of fused-ring (bicyclic) bond motifs is 1. The van der Waals surface area contributed by atoms with E-state index in [9.17, 15) is 13.2 Å². The normalized spacial score (nSPS) is 18.5. The zero-order chi connectivity index (χ0) is 24.7. The minimum Gasteiger partial charge on any atom is -0.352 e. The summed E-state index contributed by atoms with van der Waals surface area (Å²) in [6.07, 6.45) is 0.656. The first-order chi connectivity index (χ1) is 16.8. The summed E-state index contributed by atoms with van der Waals surface area (Å²) in [5.41, 5.74) is 4.72. The van der Waals surface area contributed by atoms with Crippen molar-refractivity contribution in [1.29, 1.82) is 0 Å². The van der Waals surface area contributed by atoms with E-state index in [-0.39, 0.29) is 16.8 Å². The highest BCUT2D eigenvalue weighted by Crippen LogP contribution is 2.34. The Morgan fingerprint density at radius 2 is 1.71 bits per heavy atom. The van der Waals surface area contributed by atoms with Gasteiger partial charge in [-0.1, -0.05) is 24.3 Å². The van der Waals surface area contributed by atoms with Crippen molar-refractivity contribution in [1.82, 2.24) is 14.5 Å². The minimum absolute atomic E-state index is 0.0296. The second kappa shape index (κ2) is 9.05. The molecule has 5 rings (SSSR count). The zero-order valence-electron chi connectivity index (χ0n) is 20.2. The molecule has 2 aromatic carbocycles. The Hall–Kier alpha value is -3.30. The van der Waals surface area contributed by atoms with E-state index in [0.29, 0.717) is 32.6 Å². The fourth-order valence-electron chi connectivity index (χ4n) is 5.05. The van der Waals surface area contributed by atoms with Crippen LogP contribution in [0.25, 0.3) is 11.3 Å². The summed E-state index contributed by atoms with van der Waals surface area (Å²) in [6, 6.07) is 17.1. The number of hydrogen-bond acceptors (Lipinski definition) is 6. The summed E-state index contributed by atoms with van der Waals surface area (Å²) >= 11 is 0. The number of anilines is 2. The first kappa shape index (κ1) is 23.4. The molecule has 8 nitrogen and oxygen atoms in total. The molecule has 1 unspecified atom stereocenters. The molecule has 1 aromatic heterocycles. The van der Waals surface area contributed by atoms with E-state index in [1.54, 1.807) is 23.1 Å². The summed E-state index contributed by atoms with van der Waals surface area (Å²) in [4.78, 5) is 16.1. The lowest BCUT2D eigenvalue weighted by atomic mass is 10.1. The summed E-state index contributed by atoms with van der Waals surface area (Å²) in [5, 5.41) is 8.82. The molecule has 0 bridgehead atoms.